The maximum atomic E-state index is 12.9. The lowest BCUT2D eigenvalue weighted by Crippen LogP contribution is -2.30. The average Bonchev–Trinajstić information content (AvgIpc) is 3.45. The summed E-state index contributed by atoms with van der Waals surface area (Å²) in [5, 5.41) is 0. The highest BCUT2D eigenvalue weighted by Gasteiger charge is 2.19. The van der Waals surface area contributed by atoms with Gasteiger partial charge in [0.15, 0.2) is 6.10 Å². The molecule has 0 fully saturated rings. The summed E-state index contributed by atoms with van der Waals surface area (Å²) in [4.78, 5) is 38.1. The minimum absolute atomic E-state index is 0.0821. The van der Waals surface area contributed by atoms with Crippen molar-refractivity contribution in [3.8, 4) is 0 Å². The van der Waals surface area contributed by atoms with Crippen LogP contribution in [0.4, 0.5) is 0 Å². The van der Waals surface area contributed by atoms with Crippen LogP contribution in [0.5, 0.6) is 0 Å². The van der Waals surface area contributed by atoms with Gasteiger partial charge in [0.1, 0.15) is 13.2 Å². The van der Waals surface area contributed by atoms with Crippen LogP contribution in [0.1, 0.15) is 303 Å². The second-order valence-electron chi connectivity index (χ2n) is 21.6. The standard InChI is InChI=1S/C73H122O6/c1-4-7-10-13-16-18-20-22-24-26-28-30-31-32-33-34-35-36-37-38-39-40-41-43-44-46-48-50-52-54-57-60-63-66-72(75)78-69-70(68-77-71(74)65-62-59-56-15-12-9-6-3)79-73(76)67-64-61-58-55-53-51-49-47-45-42-29-27-25-23-21-19-17-14-11-8-5-2/h7,10,16,18,21-24,27-30,32-33,35-36,38-39,41,43,70H,4-6,8-9,11-15,17,19-20,25-26,31,34,37,40,42,44-69H2,1-3H3/b10-7-,18-16-,23-21-,24-22-,29-27-,30-28-,33-32-,36-35-,39-38-,43-41-. The molecule has 0 aromatic carbocycles. The summed E-state index contributed by atoms with van der Waals surface area (Å²) in [5.74, 6) is -0.897. The van der Waals surface area contributed by atoms with Gasteiger partial charge < -0.3 is 14.2 Å². The summed E-state index contributed by atoms with van der Waals surface area (Å²) < 4.78 is 16.8. The van der Waals surface area contributed by atoms with E-state index in [4.69, 9.17) is 14.2 Å². The molecular formula is C73H122O6. The van der Waals surface area contributed by atoms with E-state index in [2.05, 4.69) is 142 Å². The van der Waals surface area contributed by atoms with Crippen LogP contribution in [0.25, 0.3) is 0 Å². The molecule has 0 aromatic rings. The molecule has 450 valence electrons. The number of unbranched alkanes of at least 4 members (excludes halogenated alkanes) is 28. The third kappa shape index (κ3) is 64.5. The van der Waals surface area contributed by atoms with Gasteiger partial charge in [-0.05, 0) is 116 Å². The minimum Gasteiger partial charge on any atom is -0.462 e. The molecule has 0 aromatic heterocycles. The molecule has 0 saturated carbocycles. The first-order valence-corrected chi connectivity index (χ1v) is 33.0. The fraction of sp³-hybridized carbons (Fsp3) is 0.685. The molecule has 6 nitrogen and oxygen atoms in total. The van der Waals surface area contributed by atoms with Crippen molar-refractivity contribution in [2.45, 2.75) is 309 Å². The summed E-state index contributed by atoms with van der Waals surface area (Å²) in [5.41, 5.74) is 0. The largest absolute Gasteiger partial charge is 0.462 e. The molecule has 0 amide bonds. The van der Waals surface area contributed by atoms with Gasteiger partial charge >= 0.3 is 17.9 Å². The van der Waals surface area contributed by atoms with Gasteiger partial charge in [0.25, 0.3) is 0 Å². The number of hydrogen-bond donors (Lipinski definition) is 0. The molecule has 0 aliphatic heterocycles. The number of carbonyl (C=O) groups excluding carboxylic acids is 3. The molecule has 79 heavy (non-hydrogen) atoms. The van der Waals surface area contributed by atoms with Crippen molar-refractivity contribution in [2.75, 3.05) is 13.2 Å². The Bertz CT molecular complexity index is 1640. The Morgan fingerprint density at radius 1 is 0.266 bits per heavy atom. The van der Waals surface area contributed by atoms with Crippen molar-refractivity contribution in [3.63, 3.8) is 0 Å². The SMILES string of the molecule is CC/C=C\C/C=C\C/C=C\C/C=C\C/C=C\C/C=C\C/C=C\C/C=C\CCCCCCCCCCC(=O)OCC(COC(=O)CCCCCCCCC)OC(=O)CCCCCCCCCCC/C=C\C/C=C\CCCCCCC. The predicted molar refractivity (Wildman–Crippen MR) is 343 cm³/mol. The number of ether oxygens (including phenoxy) is 3. The fourth-order valence-electron chi connectivity index (χ4n) is 9.02. The first kappa shape index (κ1) is 74.8. The van der Waals surface area contributed by atoms with Gasteiger partial charge in [-0.15, -0.1) is 0 Å². The van der Waals surface area contributed by atoms with E-state index in [1.807, 2.05) is 0 Å². The first-order chi connectivity index (χ1) is 39.0. The second-order valence-corrected chi connectivity index (χ2v) is 21.6. The van der Waals surface area contributed by atoms with Crippen molar-refractivity contribution < 1.29 is 28.6 Å². The highest BCUT2D eigenvalue weighted by molar-refractivity contribution is 5.71. The predicted octanol–water partition coefficient (Wildman–Crippen LogP) is 22.8. The Morgan fingerprint density at radius 3 is 0.772 bits per heavy atom. The highest BCUT2D eigenvalue weighted by atomic mass is 16.6. The molecule has 1 atom stereocenters. The smallest absolute Gasteiger partial charge is 0.306 e. The Balaban J connectivity index is 4.16. The lowest BCUT2D eigenvalue weighted by atomic mass is 10.1. The maximum absolute atomic E-state index is 12.9. The van der Waals surface area contributed by atoms with Crippen LogP contribution < -0.4 is 0 Å². The molecule has 0 rings (SSSR count). The Kier molecular flexibility index (Phi) is 62.8. The van der Waals surface area contributed by atoms with Crippen molar-refractivity contribution in [1.82, 2.24) is 0 Å². The van der Waals surface area contributed by atoms with Gasteiger partial charge in [-0.3, -0.25) is 14.4 Å². The van der Waals surface area contributed by atoms with Crippen LogP contribution in [0, 0.1) is 0 Å². The van der Waals surface area contributed by atoms with Gasteiger partial charge in [-0.2, -0.15) is 0 Å². The molecule has 0 heterocycles. The molecule has 0 bridgehead atoms. The molecule has 0 spiro atoms. The number of esters is 3. The van der Waals surface area contributed by atoms with E-state index in [-0.39, 0.29) is 31.1 Å². The van der Waals surface area contributed by atoms with E-state index < -0.39 is 6.10 Å². The van der Waals surface area contributed by atoms with E-state index in [0.717, 1.165) is 122 Å². The van der Waals surface area contributed by atoms with Crippen molar-refractivity contribution >= 4 is 17.9 Å². The van der Waals surface area contributed by atoms with Crippen LogP contribution in [-0.2, 0) is 28.6 Å². The topological polar surface area (TPSA) is 78.9 Å². The van der Waals surface area contributed by atoms with Crippen molar-refractivity contribution in [1.29, 1.82) is 0 Å². The Hall–Kier alpha value is -4.19. The number of hydrogen-bond acceptors (Lipinski definition) is 6. The summed E-state index contributed by atoms with van der Waals surface area (Å²) >= 11 is 0. The maximum Gasteiger partial charge on any atom is 0.306 e. The van der Waals surface area contributed by atoms with E-state index in [0.29, 0.717) is 19.3 Å². The fourth-order valence-corrected chi connectivity index (χ4v) is 9.02. The summed E-state index contributed by atoms with van der Waals surface area (Å²) in [6.45, 7) is 6.48. The molecule has 0 N–H and O–H groups in total. The average molecular weight is 1100 g/mol. The number of rotatable bonds is 59. The zero-order chi connectivity index (χ0) is 57.1. The zero-order valence-electron chi connectivity index (χ0n) is 51.6. The van der Waals surface area contributed by atoms with E-state index in [9.17, 15) is 14.4 Å². The molecule has 0 radical (unpaired) electrons. The van der Waals surface area contributed by atoms with E-state index in [1.54, 1.807) is 0 Å². The van der Waals surface area contributed by atoms with E-state index >= 15 is 0 Å². The molecule has 0 aliphatic carbocycles. The zero-order valence-corrected chi connectivity index (χ0v) is 51.6. The van der Waals surface area contributed by atoms with Crippen LogP contribution >= 0.6 is 0 Å². The van der Waals surface area contributed by atoms with Gasteiger partial charge in [0, 0.05) is 19.3 Å². The van der Waals surface area contributed by atoms with Crippen LogP contribution in [0.2, 0.25) is 0 Å². The molecule has 6 heteroatoms. The summed E-state index contributed by atoms with van der Waals surface area (Å²) in [6, 6.07) is 0. The second kappa shape index (κ2) is 66.3. The Morgan fingerprint density at radius 2 is 0.494 bits per heavy atom. The van der Waals surface area contributed by atoms with Crippen LogP contribution in [-0.4, -0.2) is 37.2 Å². The monoisotopic (exact) mass is 1090 g/mol. The lowest BCUT2D eigenvalue weighted by Gasteiger charge is -2.18. The number of allylic oxidation sites excluding steroid dienone is 20. The normalized spacial score (nSPS) is 12.9. The van der Waals surface area contributed by atoms with Gasteiger partial charge in [0.05, 0.1) is 0 Å². The quantitative estimate of drug-likeness (QED) is 0.0261. The van der Waals surface area contributed by atoms with E-state index in [1.165, 1.54) is 141 Å². The Labute approximate surface area is 488 Å². The van der Waals surface area contributed by atoms with Crippen molar-refractivity contribution in [2.24, 2.45) is 0 Å². The van der Waals surface area contributed by atoms with Crippen LogP contribution in [0.3, 0.4) is 0 Å². The lowest BCUT2D eigenvalue weighted by molar-refractivity contribution is -0.167. The third-order valence-electron chi connectivity index (χ3n) is 14.0. The molecular weight excluding hydrogens is 973 g/mol. The van der Waals surface area contributed by atoms with Gasteiger partial charge in [-0.25, -0.2) is 0 Å². The van der Waals surface area contributed by atoms with Crippen molar-refractivity contribution in [3.05, 3.63) is 122 Å². The molecule has 0 aliphatic rings. The third-order valence-corrected chi connectivity index (χ3v) is 14.0. The molecule has 1 unspecified atom stereocenters. The highest BCUT2D eigenvalue weighted by Crippen LogP contribution is 2.15. The summed E-state index contributed by atoms with van der Waals surface area (Å²) in [7, 11) is 0. The molecule has 0 saturated heterocycles. The first-order valence-electron chi connectivity index (χ1n) is 33.0. The van der Waals surface area contributed by atoms with Crippen LogP contribution in [0.15, 0.2) is 122 Å². The van der Waals surface area contributed by atoms with Gasteiger partial charge in [0.2, 0.25) is 0 Å². The minimum atomic E-state index is -0.784. The summed E-state index contributed by atoms with van der Waals surface area (Å²) in [6.07, 6.45) is 92.3. The number of carbonyl (C=O) groups is 3. The van der Waals surface area contributed by atoms with Gasteiger partial charge in [-0.1, -0.05) is 290 Å².